The lowest BCUT2D eigenvalue weighted by atomic mass is 10.1. The molecule has 0 N–H and O–H groups in total. The molecule has 0 bridgehead atoms. The fourth-order valence-corrected chi connectivity index (χ4v) is 4.46. The summed E-state index contributed by atoms with van der Waals surface area (Å²) in [6.07, 6.45) is 4.16. The highest BCUT2D eigenvalue weighted by atomic mass is 32.1. The first-order valence-electron chi connectivity index (χ1n) is 9.65. The predicted molar refractivity (Wildman–Crippen MR) is 110 cm³/mol. The van der Waals surface area contributed by atoms with E-state index in [1.165, 1.54) is 4.88 Å². The Labute approximate surface area is 166 Å². The molecule has 8 nitrogen and oxygen atoms in total. The number of rotatable bonds is 8. The maximum absolute atomic E-state index is 11.9. The molecule has 148 valence electrons. The summed E-state index contributed by atoms with van der Waals surface area (Å²) in [6.45, 7) is 5.36. The second kappa shape index (κ2) is 8.14. The third-order valence-electron chi connectivity index (χ3n) is 5.15. The Kier molecular flexibility index (Phi) is 5.43. The highest BCUT2D eigenvalue weighted by Crippen LogP contribution is 2.41. The van der Waals surface area contributed by atoms with E-state index in [2.05, 4.69) is 38.5 Å². The van der Waals surface area contributed by atoms with Crippen LogP contribution >= 0.6 is 11.3 Å². The number of unbranched alkanes of at least 4 members (excludes halogenated alkanes) is 1. The van der Waals surface area contributed by atoms with Crippen molar-refractivity contribution in [1.29, 1.82) is 0 Å². The molecule has 9 heteroatoms. The van der Waals surface area contributed by atoms with Crippen LogP contribution in [0.4, 0.5) is 17.1 Å². The molecule has 1 aromatic carbocycles. The predicted octanol–water partition coefficient (Wildman–Crippen LogP) is 4.60. The Morgan fingerprint density at radius 2 is 2.11 bits per heavy atom. The van der Waals surface area contributed by atoms with E-state index in [1.54, 1.807) is 11.3 Å². The summed E-state index contributed by atoms with van der Waals surface area (Å²) in [5.41, 5.74) is 2.16. The van der Waals surface area contributed by atoms with Gasteiger partial charge in [0.25, 0.3) is 0 Å². The van der Waals surface area contributed by atoms with Gasteiger partial charge in [0, 0.05) is 24.5 Å². The molecule has 0 saturated carbocycles. The minimum absolute atomic E-state index is 0.00605. The van der Waals surface area contributed by atoms with Crippen molar-refractivity contribution in [3.63, 3.8) is 0 Å². The van der Waals surface area contributed by atoms with E-state index in [0.29, 0.717) is 11.2 Å². The number of thiophene rings is 1. The maximum Gasteiger partial charge on any atom is 0.323 e. The van der Waals surface area contributed by atoms with Crippen LogP contribution in [-0.4, -0.2) is 34.9 Å². The van der Waals surface area contributed by atoms with Crippen LogP contribution in [0.25, 0.3) is 11.0 Å². The van der Waals surface area contributed by atoms with Crippen LogP contribution in [0.15, 0.2) is 28.2 Å². The molecule has 3 aromatic rings. The van der Waals surface area contributed by atoms with Crippen molar-refractivity contribution >= 4 is 39.4 Å². The SMILES string of the molecule is CCCCN(Cc1cccs1)c1cc(N2CCCC2)c([N+](=O)[O-])c2nonc12. The molecule has 1 saturated heterocycles. The van der Waals surface area contributed by atoms with Gasteiger partial charge in [0.15, 0.2) is 5.52 Å². The van der Waals surface area contributed by atoms with Gasteiger partial charge in [-0.3, -0.25) is 10.1 Å². The Morgan fingerprint density at radius 1 is 1.32 bits per heavy atom. The van der Waals surface area contributed by atoms with Crippen LogP contribution in [0.2, 0.25) is 0 Å². The Bertz CT molecular complexity index is 950. The molecule has 1 aliphatic heterocycles. The fourth-order valence-electron chi connectivity index (χ4n) is 3.74. The van der Waals surface area contributed by atoms with Crippen molar-refractivity contribution < 1.29 is 9.55 Å². The van der Waals surface area contributed by atoms with Crippen LogP contribution in [0, 0.1) is 10.1 Å². The van der Waals surface area contributed by atoms with Crippen molar-refractivity contribution in [2.45, 2.75) is 39.2 Å². The second-order valence-electron chi connectivity index (χ2n) is 7.03. The molecule has 3 heterocycles. The molecule has 0 unspecified atom stereocenters. The molecule has 28 heavy (non-hydrogen) atoms. The Balaban J connectivity index is 1.85. The molecule has 0 aliphatic carbocycles. The molecule has 0 amide bonds. The van der Waals surface area contributed by atoms with Gasteiger partial charge < -0.3 is 9.80 Å². The van der Waals surface area contributed by atoms with Crippen LogP contribution in [-0.2, 0) is 6.54 Å². The Hall–Kier alpha value is -2.68. The third kappa shape index (κ3) is 3.54. The molecular weight excluding hydrogens is 378 g/mol. The minimum Gasteiger partial charge on any atom is -0.366 e. The van der Waals surface area contributed by atoms with E-state index >= 15 is 0 Å². The molecule has 1 aliphatic rings. The lowest BCUT2D eigenvalue weighted by Crippen LogP contribution is -2.25. The summed E-state index contributed by atoms with van der Waals surface area (Å²) >= 11 is 1.70. The summed E-state index contributed by atoms with van der Waals surface area (Å²) in [5, 5.41) is 21.9. The van der Waals surface area contributed by atoms with Gasteiger partial charge in [-0.2, -0.15) is 0 Å². The van der Waals surface area contributed by atoms with Crippen LogP contribution in [0.5, 0.6) is 0 Å². The van der Waals surface area contributed by atoms with Gasteiger partial charge in [-0.05, 0) is 47.1 Å². The van der Waals surface area contributed by atoms with Crippen LogP contribution < -0.4 is 9.80 Å². The normalized spacial score (nSPS) is 14.1. The number of benzene rings is 1. The fraction of sp³-hybridized carbons (Fsp3) is 0.474. The van der Waals surface area contributed by atoms with Gasteiger partial charge in [-0.25, -0.2) is 4.63 Å². The summed E-state index contributed by atoms with van der Waals surface area (Å²) in [4.78, 5) is 17.1. The van der Waals surface area contributed by atoms with Gasteiger partial charge in [0.05, 0.1) is 17.2 Å². The monoisotopic (exact) mass is 401 g/mol. The van der Waals surface area contributed by atoms with Crippen LogP contribution in [0.3, 0.4) is 0 Å². The first-order valence-corrected chi connectivity index (χ1v) is 10.5. The Morgan fingerprint density at radius 3 is 2.79 bits per heavy atom. The van der Waals surface area contributed by atoms with E-state index < -0.39 is 0 Å². The number of nitrogens with zero attached hydrogens (tertiary/aromatic N) is 5. The number of aromatic nitrogens is 2. The molecule has 0 spiro atoms. The maximum atomic E-state index is 11.9. The lowest BCUT2D eigenvalue weighted by Gasteiger charge is -2.26. The zero-order valence-corrected chi connectivity index (χ0v) is 16.7. The number of nitro groups is 1. The highest BCUT2D eigenvalue weighted by Gasteiger charge is 2.31. The first kappa shape index (κ1) is 18.7. The smallest absolute Gasteiger partial charge is 0.323 e. The zero-order valence-electron chi connectivity index (χ0n) is 15.8. The largest absolute Gasteiger partial charge is 0.366 e. The van der Waals surface area contributed by atoms with E-state index in [-0.39, 0.29) is 16.1 Å². The standard InChI is InChI=1S/C19H23N5O3S/c1-2-3-8-23(13-14-7-6-11-28-14)15-12-16(22-9-4-5-10-22)19(24(25)26)18-17(15)20-27-21-18/h6-7,11-12H,2-5,8-10,13H2,1H3. The lowest BCUT2D eigenvalue weighted by molar-refractivity contribution is -0.382. The number of nitro benzene ring substituents is 1. The van der Waals surface area contributed by atoms with Gasteiger partial charge in [-0.1, -0.05) is 19.4 Å². The van der Waals surface area contributed by atoms with Crippen molar-refractivity contribution in [3.8, 4) is 0 Å². The van der Waals surface area contributed by atoms with Gasteiger partial charge in [0.2, 0.25) is 5.52 Å². The summed E-state index contributed by atoms with van der Waals surface area (Å²) in [7, 11) is 0. The van der Waals surface area contributed by atoms with Crippen LogP contribution in [0.1, 0.15) is 37.5 Å². The van der Waals surface area contributed by atoms with E-state index in [0.717, 1.165) is 57.5 Å². The number of hydrogen-bond acceptors (Lipinski definition) is 8. The number of anilines is 2. The third-order valence-corrected chi connectivity index (χ3v) is 6.01. The van der Waals surface area contributed by atoms with Gasteiger partial charge in [0.1, 0.15) is 5.69 Å². The van der Waals surface area contributed by atoms with E-state index in [4.69, 9.17) is 4.63 Å². The number of fused-ring (bicyclic) bond motifs is 1. The average molecular weight is 401 g/mol. The van der Waals surface area contributed by atoms with Gasteiger partial charge >= 0.3 is 5.69 Å². The summed E-state index contributed by atoms with van der Waals surface area (Å²) in [6, 6.07) is 6.06. The van der Waals surface area contributed by atoms with Crippen molar-refractivity contribution in [3.05, 3.63) is 38.6 Å². The quantitative estimate of drug-likeness (QED) is 0.402. The molecule has 0 radical (unpaired) electrons. The highest BCUT2D eigenvalue weighted by molar-refractivity contribution is 7.09. The minimum atomic E-state index is -0.361. The van der Waals surface area contributed by atoms with E-state index in [1.807, 2.05) is 12.1 Å². The van der Waals surface area contributed by atoms with Crippen molar-refractivity contribution in [2.75, 3.05) is 29.4 Å². The molecule has 2 aromatic heterocycles. The first-order chi connectivity index (χ1) is 13.7. The van der Waals surface area contributed by atoms with Crippen molar-refractivity contribution in [1.82, 2.24) is 10.3 Å². The van der Waals surface area contributed by atoms with Crippen molar-refractivity contribution in [2.24, 2.45) is 0 Å². The topological polar surface area (TPSA) is 88.5 Å². The molecule has 1 fully saturated rings. The zero-order chi connectivity index (χ0) is 19.5. The molecular formula is C19H23N5O3S. The van der Waals surface area contributed by atoms with Gasteiger partial charge in [-0.15, -0.1) is 11.3 Å². The summed E-state index contributed by atoms with van der Waals surface area (Å²) in [5.74, 6) is 0. The summed E-state index contributed by atoms with van der Waals surface area (Å²) < 4.78 is 4.96. The molecule has 4 rings (SSSR count). The second-order valence-corrected chi connectivity index (χ2v) is 8.06. The number of hydrogen-bond donors (Lipinski definition) is 0. The average Bonchev–Trinajstić information content (AvgIpc) is 3.45. The van der Waals surface area contributed by atoms with E-state index in [9.17, 15) is 10.1 Å². The molecule has 0 atom stereocenters.